The SMILES string of the molecule is CSc1nc(N)c2c(n1)CCOC2. The fourth-order valence-electron chi connectivity index (χ4n) is 1.32. The first kappa shape index (κ1) is 8.77. The summed E-state index contributed by atoms with van der Waals surface area (Å²) < 4.78 is 5.28. The van der Waals surface area contributed by atoms with E-state index in [4.69, 9.17) is 10.5 Å². The fraction of sp³-hybridized carbons (Fsp3) is 0.500. The molecule has 0 radical (unpaired) electrons. The first-order valence-corrected chi connectivity index (χ1v) is 5.30. The lowest BCUT2D eigenvalue weighted by molar-refractivity contribution is 0.109. The predicted molar refractivity (Wildman–Crippen MR) is 51.6 cm³/mol. The van der Waals surface area contributed by atoms with Gasteiger partial charge in [0.15, 0.2) is 5.16 Å². The van der Waals surface area contributed by atoms with Crippen LogP contribution in [0.3, 0.4) is 0 Å². The zero-order chi connectivity index (χ0) is 9.26. The Morgan fingerprint density at radius 1 is 1.46 bits per heavy atom. The van der Waals surface area contributed by atoms with Crippen molar-refractivity contribution in [1.29, 1.82) is 0 Å². The van der Waals surface area contributed by atoms with Gasteiger partial charge in [0.2, 0.25) is 0 Å². The van der Waals surface area contributed by atoms with Crippen LogP contribution in [0.2, 0.25) is 0 Å². The number of thioether (sulfide) groups is 1. The van der Waals surface area contributed by atoms with Gasteiger partial charge in [-0.3, -0.25) is 0 Å². The quantitative estimate of drug-likeness (QED) is 0.534. The molecule has 0 saturated heterocycles. The number of nitrogen functional groups attached to an aromatic ring is 1. The topological polar surface area (TPSA) is 61.0 Å². The molecule has 1 aromatic heterocycles. The van der Waals surface area contributed by atoms with E-state index in [9.17, 15) is 0 Å². The van der Waals surface area contributed by atoms with Gasteiger partial charge in [0.05, 0.1) is 18.9 Å². The zero-order valence-corrected chi connectivity index (χ0v) is 8.23. The third-order valence-corrected chi connectivity index (χ3v) is 2.56. The molecule has 5 heteroatoms. The summed E-state index contributed by atoms with van der Waals surface area (Å²) in [4.78, 5) is 8.54. The summed E-state index contributed by atoms with van der Waals surface area (Å²) in [5, 5.41) is 0.748. The van der Waals surface area contributed by atoms with Gasteiger partial charge in [0.25, 0.3) is 0 Å². The van der Waals surface area contributed by atoms with Crippen LogP contribution >= 0.6 is 11.8 Å². The predicted octanol–water partition coefficient (Wildman–Crippen LogP) is 0.853. The van der Waals surface area contributed by atoms with Crippen LogP contribution in [0.15, 0.2) is 5.16 Å². The third-order valence-electron chi connectivity index (χ3n) is 2.02. The number of hydrogen-bond donors (Lipinski definition) is 1. The van der Waals surface area contributed by atoms with Gasteiger partial charge in [-0.1, -0.05) is 11.8 Å². The Kier molecular flexibility index (Phi) is 2.37. The van der Waals surface area contributed by atoms with Crippen LogP contribution in [-0.2, 0) is 17.8 Å². The summed E-state index contributed by atoms with van der Waals surface area (Å²) in [6, 6.07) is 0. The van der Waals surface area contributed by atoms with Crippen molar-refractivity contribution >= 4 is 17.6 Å². The second kappa shape index (κ2) is 3.51. The molecule has 0 saturated carbocycles. The first-order valence-electron chi connectivity index (χ1n) is 4.08. The van der Waals surface area contributed by atoms with Crippen molar-refractivity contribution in [3.8, 4) is 0 Å². The Bertz CT molecular complexity index is 329. The molecule has 0 spiro atoms. The molecule has 0 fully saturated rings. The molecular weight excluding hydrogens is 186 g/mol. The van der Waals surface area contributed by atoms with Crippen molar-refractivity contribution in [2.24, 2.45) is 0 Å². The zero-order valence-electron chi connectivity index (χ0n) is 7.41. The maximum absolute atomic E-state index is 5.77. The molecule has 2 heterocycles. The highest BCUT2D eigenvalue weighted by atomic mass is 32.2. The Balaban J connectivity index is 2.47. The van der Waals surface area contributed by atoms with Crippen LogP contribution in [0.25, 0.3) is 0 Å². The third kappa shape index (κ3) is 1.62. The van der Waals surface area contributed by atoms with E-state index in [-0.39, 0.29) is 0 Å². The molecule has 4 nitrogen and oxygen atoms in total. The average Bonchev–Trinajstić information content (AvgIpc) is 2.18. The Morgan fingerprint density at radius 2 is 2.31 bits per heavy atom. The monoisotopic (exact) mass is 197 g/mol. The summed E-state index contributed by atoms with van der Waals surface area (Å²) in [6.07, 6.45) is 2.79. The van der Waals surface area contributed by atoms with Crippen LogP contribution in [0.4, 0.5) is 5.82 Å². The Hall–Kier alpha value is -0.810. The molecule has 1 aliphatic heterocycles. The molecule has 2 rings (SSSR count). The van der Waals surface area contributed by atoms with Crippen molar-refractivity contribution in [3.63, 3.8) is 0 Å². The van der Waals surface area contributed by atoms with Gasteiger partial charge in [-0.2, -0.15) is 0 Å². The highest BCUT2D eigenvalue weighted by Gasteiger charge is 2.15. The molecule has 70 valence electrons. The van der Waals surface area contributed by atoms with E-state index in [2.05, 4.69) is 9.97 Å². The molecule has 13 heavy (non-hydrogen) atoms. The van der Waals surface area contributed by atoms with E-state index in [1.54, 1.807) is 0 Å². The summed E-state index contributed by atoms with van der Waals surface area (Å²) in [6.45, 7) is 1.28. The van der Waals surface area contributed by atoms with E-state index >= 15 is 0 Å². The highest BCUT2D eigenvalue weighted by molar-refractivity contribution is 7.98. The summed E-state index contributed by atoms with van der Waals surface area (Å²) in [5.74, 6) is 0.564. The van der Waals surface area contributed by atoms with Crippen molar-refractivity contribution in [2.75, 3.05) is 18.6 Å². The fourth-order valence-corrected chi connectivity index (χ4v) is 1.72. The number of hydrogen-bond acceptors (Lipinski definition) is 5. The number of nitrogens with two attached hydrogens (primary N) is 1. The molecule has 0 aliphatic carbocycles. The number of ether oxygens (including phenoxy) is 1. The first-order chi connectivity index (χ1) is 6.31. The average molecular weight is 197 g/mol. The minimum Gasteiger partial charge on any atom is -0.383 e. The number of rotatable bonds is 1. The lowest BCUT2D eigenvalue weighted by atomic mass is 10.1. The Morgan fingerprint density at radius 3 is 3.08 bits per heavy atom. The summed E-state index contributed by atoms with van der Waals surface area (Å²) in [5.41, 5.74) is 7.78. The van der Waals surface area contributed by atoms with Crippen molar-refractivity contribution < 1.29 is 4.74 Å². The standard InChI is InChI=1S/C8H11N3OS/c1-13-8-10-6-2-3-12-4-5(6)7(9)11-8/h2-4H2,1H3,(H2,9,10,11). The van der Waals surface area contributed by atoms with Crippen molar-refractivity contribution in [2.45, 2.75) is 18.2 Å². The van der Waals surface area contributed by atoms with E-state index in [1.807, 2.05) is 6.26 Å². The van der Waals surface area contributed by atoms with Crippen LogP contribution in [0.1, 0.15) is 11.3 Å². The minimum absolute atomic E-state index is 0.551. The second-order valence-electron chi connectivity index (χ2n) is 2.82. The molecule has 2 N–H and O–H groups in total. The summed E-state index contributed by atoms with van der Waals surface area (Å²) in [7, 11) is 0. The maximum atomic E-state index is 5.77. The lowest BCUT2D eigenvalue weighted by Crippen LogP contribution is -2.15. The van der Waals surface area contributed by atoms with Crippen LogP contribution in [-0.4, -0.2) is 22.8 Å². The normalized spacial score (nSPS) is 15.5. The molecule has 0 bridgehead atoms. The van der Waals surface area contributed by atoms with Gasteiger partial charge in [0.1, 0.15) is 5.82 Å². The molecule has 1 aromatic rings. The lowest BCUT2D eigenvalue weighted by Gasteiger charge is -2.16. The maximum Gasteiger partial charge on any atom is 0.189 e. The van der Waals surface area contributed by atoms with Gasteiger partial charge < -0.3 is 10.5 Å². The molecule has 1 aliphatic rings. The van der Waals surface area contributed by atoms with Gasteiger partial charge in [-0.05, 0) is 6.26 Å². The largest absolute Gasteiger partial charge is 0.383 e. The van der Waals surface area contributed by atoms with Crippen molar-refractivity contribution in [3.05, 3.63) is 11.3 Å². The van der Waals surface area contributed by atoms with Gasteiger partial charge in [0, 0.05) is 12.0 Å². The van der Waals surface area contributed by atoms with E-state index in [0.29, 0.717) is 12.4 Å². The molecule has 0 unspecified atom stereocenters. The van der Waals surface area contributed by atoms with E-state index in [1.165, 1.54) is 11.8 Å². The van der Waals surface area contributed by atoms with E-state index in [0.717, 1.165) is 29.4 Å². The number of nitrogens with zero attached hydrogens (tertiary/aromatic N) is 2. The molecule has 0 aromatic carbocycles. The minimum atomic E-state index is 0.551. The molecular formula is C8H11N3OS. The molecule has 0 amide bonds. The van der Waals surface area contributed by atoms with Gasteiger partial charge in [-0.15, -0.1) is 0 Å². The van der Waals surface area contributed by atoms with Crippen LogP contribution in [0.5, 0.6) is 0 Å². The smallest absolute Gasteiger partial charge is 0.189 e. The second-order valence-corrected chi connectivity index (χ2v) is 3.60. The van der Waals surface area contributed by atoms with Crippen LogP contribution in [0, 0.1) is 0 Å². The van der Waals surface area contributed by atoms with Gasteiger partial charge >= 0.3 is 0 Å². The van der Waals surface area contributed by atoms with Crippen LogP contribution < -0.4 is 5.73 Å². The number of aromatic nitrogens is 2. The van der Waals surface area contributed by atoms with E-state index < -0.39 is 0 Å². The number of anilines is 1. The Labute approximate surface area is 80.9 Å². The summed E-state index contributed by atoms with van der Waals surface area (Å²) >= 11 is 1.51. The van der Waals surface area contributed by atoms with Gasteiger partial charge in [-0.25, -0.2) is 9.97 Å². The molecule has 0 atom stereocenters. The number of fused-ring (bicyclic) bond motifs is 1. The van der Waals surface area contributed by atoms with Crippen molar-refractivity contribution in [1.82, 2.24) is 9.97 Å². The highest BCUT2D eigenvalue weighted by Crippen LogP contribution is 2.22.